The number of alkyl halides is 2. The second-order valence-electron chi connectivity index (χ2n) is 18.9. The van der Waals surface area contributed by atoms with Crippen molar-refractivity contribution >= 4 is 45.9 Å². The number of hydrogen-bond donors (Lipinski definition) is 2. The number of carbonyl (C=O) groups is 3. The topological polar surface area (TPSA) is 166 Å². The van der Waals surface area contributed by atoms with Crippen LogP contribution < -0.4 is 21.2 Å². The van der Waals surface area contributed by atoms with Crippen LogP contribution in [-0.4, -0.2) is 101 Å². The monoisotopic (exact) mass is 881 g/mol. The van der Waals surface area contributed by atoms with E-state index in [1.165, 1.54) is 10.7 Å². The van der Waals surface area contributed by atoms with Gasteiger partial charge >= 0.3 is 5.69 Å². The standard InChI is InChI=1S/C46H57F2N11O5/c1-54-40-31(7-3-8-35(40)59(45(54)63)36-13-14-38(60)52-44(36)62)6-2-5-29-15-20-55(21-16-29)26-30-9-11-32(12-10-30)58-27-34(39(53-58)41(47)48)50-43(61)33-25-49-57-22-17-37(51-42(33)57)56-23-24-64-46(28-56)18-4-19-46/h3,7-8,17,22,25,27,29-30,32,36,41H,2,4-6,9-16,18-21,23-24,26,28H2,1H3,(H,50,61)(H,52,60,62)/t30-,32-,36?. The normalized spacial score (nSPS) is 23.3. The van der Waals surface area contributed by atoms with Gasteiger partial charge in [-0.3, -0.25) is 33.5 Å². The summed E-state index contributed by atoms with van der Waals surface area (Å²) in [5.74, 6) is 0.611. The third kappa shape index (κ3) is 8.22. The third-order valence-electron chi connectivity index (χ3n) is 14.8. The number of aromatic nitrogens is 7. The molecule has 340 valence electrons. The highest BCUT2D eigenvalue weighted by molar-refractivity contribution is 6.08. The second-order valence-corrected chi connectivity index (χ2v) is 18.9. The van der Waals surface area contributed by atoms with E-state index in [1.54, 1.807) is 33.3 Å². The van der Waals surface area contributed by atoms with Crippen molar-refractivity contribution in [3.8, 4) is 0 Å². The van der Waals surface area contributed by atoms with Gasteiger partial charge in [0.2, 0.25) is 11.8 Å². The summed E-state index contributed by atoms with van der Waals surface area (Å²) in [6, 6.07) is 7.07. The van der Waals surface area contributed by atoms with Crippen LogP contribution in [0.15, 0.2) is 47.7 Å². The fourth-order valence-electron chi connectivity index (χ4n) is 11.1. The maximum Gasteiger partial charge on any atom is 0.329 e. The minimum atomic E-state index is -2.85. The van der Waals surface area contributed by atoms with E-state index in [2.05, 4.69) is 36.7 Å². The average Bonchev–Trinajstić information content (AvgIpc) is 3.98. The molecule has 5 aliphatic rings. The Morgan fingerprint density at radius 3 is 2.58 bits per heavy atom. The zero-order chi connectivity index (χ0) is 44.1. The van der Waals surface area contributed by atoms with Crippen LogP contribution in [0, 0.1) is 11.8 Å². The molecule has 64 heavy (non-hydrogen) atoms. The summed E-state index contributed by atoms with van der Waals surface area (Å²) in [4.78, 5) is 60.9. The fraction of sp³-hybridized carbons (Fsp3) is 0.587. The molecule has 3 saturated heterocycles. The van der Waals surface area contributed by atoms with Crippen molar-refractivity contribution in [1.82, 2.24) is 43.7 Å². The lowest BCUT2D eigenvalue weighted by atomic mass is 9.79. The number of imide groups is 1. The summed E-state index contributed by atoms with van der Waals surface area (Å²) >= 11 is 0. The van der Waals surface area contributed by atoms with Gasteiger partial charge in [-0.2, -0.15) is 10.2 Å². The third-order valence-corrected chi connectivity index (χ3v) is 14.8. The lowest BCUT2D eigenvalue weighted by Gasteiger charge is -2.48. The number of anilines is 2. The van der Waals surface area contributed by atoms with E-state index in [1.807, 2.05) is 18.2 Å². The van der Waals surface area contributed by atoms with Crippen LogP contribution in [0.1, 0.15) is 124 Å². The van der Waals surface area contributed by atoms with E-state index in [-0.39, 0.29) is 40.9 Å². The first-order chi connectivity index (χ1) is 31.0. The Kier molecular flexibility index (Phi) is 11.6. The Morgan fingerprint density at radius 1 is 1.02 bits per heavy atom. The van der Waals surface area contributed by atoms with E-state index < -0.39 is 30.0 Å². The van der Waals surface area contributed by atoms with Crippen LogP contribution >= 0.6 is 0 Å². The van der Waals surface area contributed by atoms with Crippen molar-refractivity contribution in [2.24, 2.45) is 18.9 Å². The van der Waals surface area contributed by atoms with Gasteiger partial charge in [-0.1, -0.05) is 18.6 Å². The van der Waals surface area contributed by atoms with E-state index in [9.17, 15) is 28.0 Å². The zero-order valence-electron chi connectivity index (χ0n) is 36.4. The van der Waals surface area contributed by atoms with Crippen LogP contribution in [0.25, 0.3) is 16.7 Å². The van der Waals surface area contributed by atoms with Gasteiger partial charge in [-0.25, -0.2) is 23.1 Å². The van der Waals surface area contributed by atoms with Gasteiger partial charge in [-0.05, 0) is 120 Å². The number of likely N-dealkylation sites (tertiary alicyclic amines) is 1. The van der Waals surface area contributed by atoms with Crippen LogP contribution in [0.2, 0.25) is 0 Å². The van der Waals surface area contributed by atoms with Crippen molar-refractivity contribution in [1.29, 1.82) is 0 Å². The Balaban J connectivity index is 0.699. The van der Waals surface area contributed by atoms with E-state index >= 15 is 0 Å². The molecule has 10 rings (SSSR count). The molecule has 18 heteroatoms. The Morgan fingerprint density at radius 2 is 1.83 bits per heavy atom. The molecule has 1 aromatic carbocycles. The molecule has 3 aliphatic heterocycles. The van der Waals surface area contributed by atoms with Crippen LogP contribution in [-0.2, 0) is 27.8 Å². The van der Waals surface area contributed by atoms with E-state index in [4.69, 9.17) is 9.72 Å². The second kappa shape index (κ2) is 17.5. The molecule has 1 unspecified atom stereocenters. The first-order valence-electron chi connectivity index (χ1n) is 23.2. The maximum atomic E-state index is 14.4. The summed E-state index contributed by atoms with van der Waals surface area (Å²) < 4.78 is 41.2. The molecule has 2 N–H and O–H groups in total. The van der Waals surface area contributed by atoms with Gasteiger partial charge in [0.15, 0.2) is 11.3 Å². The molecule has 0 bridgehead atoms. The van der Waals surface area contributed by atoms with Crippen molar-refractivity contribution in [3.63, 3.8) is 0 Å². The first-order valence-corrected chi connectivity index (χ1v) is 23.2. The molecule has 0 radical (unpaired) electrons. The number of fused-ring (bicyclic) bond motifs is 2. The lowest BCUT2D eigenvalue weighted by Crippen LogP contribution is -2.56. The molecular weight excluding hydrogens is 825 g/mol. The number of benzene rings is 1. The van der Waals surface area contributed by atoms with Crippen molar-refractivity contribution in [2.75, 3.05) is 49.5 Å². The van der Waals surface area contributed by atoms with Gasteiger partial charge in [0.05, 0.1) is 41.2 Å². The molecule has 2 aliphatic carbocycles. The molecule has 4 aromatic heterocycles. The largest absolute Gasteiger partial charge is 0.371 e. The number of morpholine rings is 1. The van der Waals surface area contributed by atoms with Gasteiger partial charge in [0.1, 0.15) is 17.4 Å². The minimum Gasteiger partial charge on any atom is -0.371 e. The van der Waals surface area contributed by atoms with Crippen molar-refractivity contribution < 1.29 is 27.9 Å². The number of nitrogens with one attached hydrogen (secondary N) is 2. The van der Waals surface area contributed by atoms with Gasteiger partial charge in [0, 0.05) is 45.5 Å². The smallest absolute Gasteiger partial charge is 0.329 e. The predicted molar refractivity (Wildman–Crippen MR) is 235 cm³/mol. The summed E-state index contributed by atoms with van der Waals surface area (Å²) in [6.07, 6.45) is 14.5. The van der Waals surface area contributed by atoms with E-state index in [0.29, 0.717) is 37.1 Å². The Labute approximate surface area is 369 Å². The number of aryl methyl sites for hydroxylation is 2. The quantitative estimate of drug-likeness (QED) is 0.143. The number of halogens is 2. The van der Waals surface area contributed by atoms with Crippen LogP contribution in [0.5, 0.6) is 0 Å². The zero-order valence-corrected chi connectivity index (χ0v) is 36.4. The molecule has 16 nitrogen and oxygen atoms in total. The molecule has 5 aromatic rings. The Hall–Kier alpha value is -5.49. The summed E-state index contributed by atoms with van der Waals surface area (Å²) in [5.41, 5.74) is 2.45. The highest BCUT2D eigenvalue weighted by atomic mass is 19.3. The number of para-hydroxylation sites is 1. The van der Waals surface area contributed by atoms with Gasteiger partial charge in [0.25, 0.3) is 12.3 Å². The molecule has 2 saturated carbocycles. The molecule has 1 spiro atoms. The predicted octanol–water partition coefficient (Wildman–Crippen LogP) is 5.97. The number of amides is 3. The minimum absolute atomic E-state index is 0.00661. The number of nitrogens with zero attached hydrogens (tertiary/aromatic N) is 9. The van der Waals surface area contributed by atoms with Crippen LogP contribution in [0.4, 0.5) is 20.3 Å². The van der Waals surface area contributed by atoms with Crippen molar-refractivity contribution in [2.45, 2.75) is 114 Å². The molecule has 7 heterocycles. The Bertz CT molecular complexity index is 2610. The SMILES string of the molecule is Cn1c(=O)n(C2CCC(=O)NC2=O)c2cccc(CCCC3CCN(C[C@H]4CC[C@H](n5cc(NC(=O)c6cnn7ccc(N8CCOC9(CCC9)C8)nc67)c(C(F)F)n5)CC4)CC3)c21. The highest BCUT2D eigenvalue weighted by Gasteiger charge is 2.42. The summed E-state index contributed by atoms with van der Waals surface area (Å²) in [6.45, 7) is 5.20. The van der Waals surface area contributed by atoms with E-state index in [0.717, 1.165) is 126 Å². The fourth-order valence-corrected chi connectivity index (χ4v) is 11.1. The highest BCUT2D eigenvalue weighted by Crippen LogP contribution is 2.40. The summed E-state index contributed by atoms with van der Waals surface area (Å²) in [5, 5.41) is 13.7. The molecule has 1 atom stereocenters. The van der Waals surface area contributed by atoms with Gasteiger partial charge in [-0.15, -0.1) is 0 Å². The molecule has 3 amide bonds. The number of piperidine rings is 2. The first kappa shape index (κ1) is 42.5. The maximum absolute atomic E-state index is 14.4. The molecular formula is C46H57F2N11O5. The number of carbonyl (C=O) groups excluding carboxylic acids is 3. The number of ether oxygens (including phenoxy) is 1. The average molecular weight is 882 g/mol. The number of hydrogen-bond acceptors (Lipinski definition) is 10. The van der Waals surface area contributed by atoms with Crippen molar-refractivity contribution in [3.05, 3.63) is 70.2 Å². The number of imidazole rings is 1. The summed E-state index contributed by atoms with van der Waals surface area (Å²) in [7, 11) is 1.75. The lowest BCUT2D eigenvalue weighted by molar-refractivity contribution is -0.135. The van der Waals surface area contributed by atoms with Crippen LogP contribution in [0.3, 0.4) is 0 Å². The van der Waals surface area contributed by atoms with Gasteiger partial charge < -0.3 is 19.9 Å². The number of rotatable bonds is 12. The molecule has 5 fully saturated rings.